The highest BCUT2D eigenvalue weighted by molar-refractivity contribution is 6.32. The van der Waals surface area contributed by atoms with Gasteiger partial charge in [-0.1, -0.05) is 11.6 Å². The van der Waals surface area contributed by atoms with Crippen molar-refractivity contribution in [2.75, 3.05) is 25.5 Å². The molecule has 0 bridgehead atoms. The summed E-state index contributed by atoms with van der Waals surface area (Å²) in [5.41, 5.74) is -0.367. The van der Waals surface area contributed by atoms with E-state index in [1.165, 1.54) is 4.90 Å². The van der Waals surface area contributed by atoms with Gasteiger partial charge in [-0.15, -0.1) is 0 Å². The van der Waals surface area contributed by atoms with Crippen molar-refractivity contribution in [3.8, 4) is 5.75 Å². The molecule has 0 spiro atoms. The second-order valence-electron chi connectivity index (χ2n) is 5.18. The Balaban J connectivity index is 2.69. The van der Waals surface area contributed by atoms with Crippen LogP contribution in [0.1, 0.15) is 20.8 Å². The minimum absolute atomic E-state index is 0.226. The molecule has 1 aromatic rings. The summed E-state index contributed by atoms with van der Waals surface area (Å²) in [5, 5.41) is 12.8. The van der Waals surface area contributed by atoms with Crippen molar-refractivity contribution in [2.45, 2.75) is 26.4 Å². The maximum absolute atomic E-state index is 11.9. The summed E-state index contributed by atoms with van der Waals surface area (Å²) in [6, 6.07) is 4.74. The fraction of sp³-hybridized carbons (Fsp3) is 0.500. The Labute approximate surface area is 124 Å². The highest BCUT2D eigenvalue weighted by atomic mass is 35.5. The lowest BCUT2D eigenvalue weighted by molar-refractivity contribution is 0.0550. The fourth-order valence-corrected chi connectivity index (χ4v) is 1.96. The molecule has 0 aliphatic heterocycles. The van der Waals surface area contributed by atoms with E-state index < -0.39 is 5.60 Å². The number of aliphatic hydroxyl groups is 1. The van der Waals surface area contributed by atoms with Gasteiger partial charge in [-0.2, -0.15) is 0 Å². The maximum atomic E-state index is 11.9. The number of urea groups is 1. The molecule has 1 rings (SSSR count). The van der Waals surface area contributed by atoms with E-state index in [0.717, 1.165) is 0 Å². The van der Waals surface area contributed by atoms with Gasteiger partial charge in [0, 0.05) is 12.7 Å². The molecule has 0 saturated carbocycles. The number of nitrogens with zero attached hydrogens (tertiary/aromatic N) is 1. The summed E-state index contributed by atoms with van der Waals surface area (Å²) in [6.07, 6.45) is 0. The topological polar surface area (TPSA) is 61.8 Å². The van der Waals surface area contributed by atoms with Crippen molar-refractivity contribution >= 4 is 23.3 Å². The van der Waals surface area contributed by atoms with Crippen LogP contribution in [0, 0.1) is 0 Å². The predicted octanol–water partition coefficient (Wildman–Crippen LogP) is 2.97. The van der Waals surface area contributed by atoms with Crippen molar-refractivity contribution in [3.05, 3.63) is 23.2 Å². The Hall–Kier alpha value is -1.46. The molecule has 0 aromatic heterocycles. The van der Waals surface area contributed by atoms with Gasteiger partial charge in [0.25, 0.3) is 0 Å². The number of nitrogens with one attached hydrogen (secondary N) is 1. The van der Waals surface area contributed by atoms with E-state index in [1.807, 2.05) is 6.92 Å². The van der Waals surface area contributed by atoms with Gasteiger partial charge in [0.15, 0.2) is 0 Å². The molecule has 1 aromatic carbocycles. The molecular formula is C14H21ClN2O3. The number of amides is 2. The van der Waals surface area contributed by atoms with Crippen molar-refractivity contribution in [3.63, 3.8) is 0 Å². The first-order chi connectivity index (χ1) is 9.23. The maximum Gasteiger partial charge on any atom is 0.321 e. The second-order valence-corrected chi connectivity index (χ2v) is 5.58. The first kappa shape index (κ1) is 16.6. The van der Waals surface area contributed by atoms with E-state index in [1.54, 1.807) is 39.1 Å². The Morgan fingerprint density at radius 3 is 2.65 bits per heavy atom. The van der Waals surface area contributed by atoms with Gasteiger partial charge < -0.3 is 20.1 Å². The molecule has 20 heavy (non-hydrogen) atoms. The van der Waals surface area contributed by atoms with Crippen LogP contribution < -0.4 is 10.1 Å². The molecule has 0 atom stereocenters. The summed E-state index contributed by atoms with van der Waals surface area (Å²) >= 11 is 6.05. The van der Waals surface area contributed by atoms with Gasteiger partial charge in [0.2, 0.25) is 0 Å². The molecule has 0 radical (unpaired) electrons. The number of carbonyl (C=O) groups is 1. The zero-order valence-corrected chi connectivity index (χ0v) is 13.0. The number of hydrogen-bond donors (Lipinski definition) is 2. The molecule has 112 valence electrons. The monoisotopic (exact) mass is 300 g/mol. The molecular weight excluding hydrogens is 280 g/mol. The highest BCUT2D eigenvalue weighted by Gasteiger charge is 2.19. The van der Waals surface area contributed by atoms with Crippen LogP contribution in [0.3, 0.4) is 0 Å². The molecule has 2 N–H and O–H groups in total. The average molecular weight is 301 g/mol. The Bertz CT molecular complexity index is 472. The van der Waals surface area contributed by atoms with Crippen LogP contribution in [-0.2, 0) is 0 Å². The average Bonchev–Trinajstić information content (AvgIpc) is 2.30. The number of carbonyl (C=O) groups excluding carboxylic acids is 1. The summed E-state index contributed by atoms with van der Waals surface area (Å²) in [5.74, 6) is 0.581. The normalized spacial score (nSPS) is 11.1. The number of likely N-dealkylation sites (N-methyl/N-ethyl adjacent to an activating group) is 1. The van der Waals surface area contributed by atoms with Crippen LogP contribution in [0.25, 0.3) is 0 Å². The number of halogens is 1. The quantitative estimate of drug-likeness (QED) is 0.879. The zero-order chi connectivity index (χ0) is 15.3. The van der Waals surface area contributed by atoms with Crippen molar-refractivity contribution in [1.29, 1.82) is 0 Å². The zero-order valence-electron chi connectivity index (χ0n) is 12.2. The van der Waals surface area contributed by atoms with Gasteiger partial charge in [0.05, 0.1) is 23.8 Å². The molecule has 2 amide bonds. The highest BCUT2D eigenvalue weighted by Crippen LogP contribution is 2.27. The van der Waals surface area contributed by atoms with Crippen LogP contribution in [0.5, 0.6) is 5.75 Å². The smallest absolute Gasteiger partial charge is 0.321 e. The van der Waals surface area contributed by atoms with Crippen molar-refractivity contribution in [2.24, 2.45) is 0 Å². The molecule has 6 heteroatoms. The van der Waals surface area contributed by atoms with E-state index in [-0.39, 0.29) is 12.6 Å². The minimum atomic E-state index is -0.942. The molecule has 0 saturated heterocycles. The third-order valence-electron chi connectivity index (χ3n) is 2.45. The van der Waals surface area contributed by atoms with E-state index in [9.17, 15) is 9.90 Å². The van der Waals surface area contributed by atoms with Gasteiger partial charge in [-0.3, -0.25) is 0 Å². The molecule has 0 aliphatic carbocycles. The summed E-state index contributed by atoms with van der Waals surface area (Å²) in [4.78, 5) is 13.3. The third kappa shape index (κ3) is 5.27. The first-order valence-corrected chi connectivity index (χ1v) is 6.77. The Kier molecular flexibility index (Phi) is 5.65. The lowest BCUT2D eigenvalue weighted by Crippen LogP contribution is -2.41. The summed E-state index contributed by atoms with van der Waals surface area (Å²) < 4.78 is 5.32. The Morgan fingerprint density at radius 1 is 1.50 bits per heavy atom. The predicted molar refractivity (Wildman–Crippen MR) is 80.6 cm³/mol. The van der Waals surface area contributed by atoms with Crippen LogP contribution in [0.2, 0.25) is 5.02 Å². The van der Waals surface area contributed by atoms with Crippen molar-refractivity contribution < 1.29 is 14.6 Å². The third-order valence-corrected chi connectivity index (χ3v) is 2.75. The lowest BCUT2D eigenvalue weighted by Gasteiger charge is -2.25. The Morgan fingerprint density at radius 2 is 2.15 bits per heavy atom. The van der Waals surface area contributed by atoms with Gasteiger partial charge >= 0.3 is 6.03 Å². The summed E-state index contributed by atoms with van der Waals surface area (Å²) in [7, 11) is 1.61. The van der Waals surface area contributed by atoms with Gasteiger partial charge in [-0.05, 0) is 39.0 Å². The number of anilines is 1. The molecule has 0 unspecified atom stereocenters. The minimum Gasteiger partial charge on any atom is -0.492 e. The van der Waals surface area contributed by atoms with Crippen LogP contribution in [0.15, 0.2) is 18.2 Å². The number of hydrogen-bond acceptors (Lipinski definition) is 3. The van der Waals surface area contributed by atoms with Gasteiger partial charge in [0.1, 0.15) is 5.75 Å². The number of ether oxygens (including phenoxy) is 1. The van der Waals surface area contributed by atoms with Crippen LogP contribution in [-0.4, -0.2) is 41.8 Å². The van der Waals surface area contributed by atoms with Crippen LogP contribution >= 0.6 is 11.6 Å². The molecule has 5 nitrogen and oxygen atoms in total. The molecule has 0 aliphatic rings. The van der Waals surface area contributed by atoms with E-state index in [2.05, 4.69) is 5.32 Å². The largest absolute Gasteiger partial charge is 0.492 e. The number of benzene rings is 1. The number of rotatable bonds is 5. The van der Waals surface area contributed by atoms with E-state index in [0.29, 0.717) is 23.1 Å². The first-order valence-electron chi connectivity index (χ1n) is 6.40. The SMILES string of the molecule is CCOc1ccc(NC(=O)N(C)CC(C)(C)O)cc1Cl. The standard InChI is InChI=1S/C14H21ClN2O3/c1-5-20-12-7-6-10(8-11(12)15)16-13(18)17(4)9-14(2,3)19/h6-8,19H,5,9H2,1-4H3,(H,16,18). The summed E-state index contributed by atoms with van der Waals surface area (Å²) in [6.45, 7) is 5.91. The van der Waals surface area contributed by atoms with E-state index >= 15 is 0 Å². The van der Waals surface area contributed by atoms with Crippen LogP contribution in [0.4, 0.5) is 10.5 Å². The van der Waals surface area contributed by atoms with E-state index in [4.69, 9.17) is 16.3 Å². The second kappa shape index (κ2) is 6.81. The van der Waals surface area contributed by atoms with Gasteiger partial charge in [-0.25, -0.2) is 4.79 Å². The molecule has 0 fully saturated rings. The lowest BCUT2D eigenvalue weighted by atomic mass is 10.1. The fourth-order valence-electron chi connectivity index (χ4n) is 1.72. The van der Waals surface area contributed by atoms with Crippen molar-refractivity contribution in [1.82, 2.24) is 4.90 Å². The molecule has 0 heterocycles.